The van der Waals surface area contributed by atoms with Crippen LogP contribution in [0.15, 0.2) is 96.6 Å². The summed E-state index contributed by atoms with van der Waals surface area (Å²) in [4.78, 5) is 13.1. The summed E-state index contributed by atoms with van der Waals surface area (Å²) in [5.41, 5.74) is 4.40. The first-order valence-corrected chi connectivity index (χ1v) is 11.4. The van der Waals surface area contributed by atoms with Crippen molar-refractivity contribution < 1.29 is 14.3 Å². The second-order valence-corrected chi connectivity index (χ2v) is 8.69. The molecule has 5 rings (SSSR count). The number of rotatable bonds is 4. The van der Waals surface area contributed by atoms with Crippen LogP contribution in [-0.4, -0.2) is 13.1 Å². The quantitative estimate of drug-likeness (QED) is 0.306. The summed E-state index contributed by atoms with van der Waals surface area (Å²) >= 11 is 0. The number of carbonyl (C=O) groups is 1. The zero-order chi connectivity index (χ0) is 23.7. The molecule has 0 aliphatic carbocycles. The molecule has 1 heterocycles. The SMILES string of the molecule is COC(=O)c1c2c(c3ccccc3c1C=C(C)C)OC(c1ccccc1)(c1ccccc1)C=C2. The van der Waals surface area contributed by atoms with E-state index in [1.165, 1.54) is 7.11 Å². The number of benzene rings is 4. The molecule has 0 fully saturated rings. The highest BCUT2D eigenvalue weighted by Gasteiger charge is 2.39. The Morgan fingerprint density at radius 1 is 0.824 bits per heavy atom. The number of allylic oxidation sites excluding steroid dienone is 1. The highest BCUT2D eigenvalue weighted by molar-refractivity contribution is 6.09. The Balaban J connectivity index is 1.87. The molecule has 0 amide bonds. The zero-order valence-electron chi connectivity index (χ0n) is 19.5. The van der Waals surface area contributed by atoms with Gasteiger partial charge >= 0.3 is 5.97 Å². The van der Waals surface area contributed by atoms with Crippen molar-refractivity contribution in [2.75, 3.05) is 7.11 Å². The summed E-state index contributed by atoms with van der Waals surface area (Å²) in [6.07, 6.45) is 6.10. The van der Waals surface area contributed by atoms with E-state index in [9.17, 15) is 4.79 Å². The lowest BCUT2D eigenvalue weighted by Gasteiger charge is -2.37. The lowest BCUT2D eigenvalue weighted by Crippen LogP contribution is -2.34. The molecule has 0 bridgehead atoms. The molecule has 1 aliphatic rings. The maximum absolute atomic E-state index is 13.1. The topological polar surface area (TPSA) is 35.5 Å². The molecule has 0 unspecified atom stereocenters. The lowest BCUT2D eigenvalue weighted by molar-refractivity contribution is 0.0599. The third kappa shape index (κ3) is 3.50. The first-order chi connectivity index (χ1) is 16.5. The molecule has 1 aliphatic heterocycles. The molecule has 0 saturated carbocycles. The molecule has 0 aromatic heterocycles. The van der Waals surface area contributed by atoms with Crippen LogP contribution in [0.3, 0.4) is 0 Å². The number of fused-ring (bicyclic) bond motifs is 3. The normalized spacial score (nSPS) is 13.6. The van der Waals surface area contributed by atoms with Gasteiger partial charge in [-0.2, -0.15) is 0 Å². The molecule has 0 atom stereocenters. The van der Waals surface area contributed by atoms with E-state index < -0.39 is 5.60 Å². The predicted molar refractivity (Wildman–Crippen MR) is 138 cm³/mol. The second kappa shape index (κ2) is 8.68. The van der Waals surface area contributed by atoms with Crippen LogP contribution in [0.4, 0.5) is 0 Å². The fourth-order valence-corrected chi connectivity index (χ4v) is 4.73. The first-order valence-electron chi connectivity index (χ1n) is 11.4. The summed E-state index contributed by atoms with van der Waals surface area (Å²) in [6.45, 7) is 4.05. The van der Waals surface area contributed by atoms with Crippen LogP contribution in [0, 0.1) is 0 Å². The van der Waals surface area contributed by atoms with E-state index in [1.54, 1.807) is 0 Å². The number of hydrogen-bond acceptors (Lipinski definition) is 3. The van der Waals surface area contributed by atoms with Gasteiger partial charge in [0.05, 0.1) is 12.7 Å². The van der Waals surface area contributed by atoms with Gasteiger partial charge in [-0.25, -0.2) is 4.79 Å². The van der Waals surface area contributed by atoms with E-state index in [0.717, 1.165) is 38.6 Å². The monoisotopic (exact) mass is 446 g/mol. The smallest absolute Gasteiger partial charge is 0.339 e. The molecule has 34 heavy (non-hydrogen) atoms. The largest absolute Gasteiger partial charge is 0.472 e. The molecular formula is C31H26O3. The summed E-state index contributed by atoms with van der Waals surface area (Å²) < 4.78 is 12.2. The van der Waals surface area contributed by atoms with E-state index >= 15 is 0 Å². The van der Waals surface area contributed by atoms with Crippen LogP contribution in [-0.2, 0) is 10.3 Å². The molecule has 3 nitrogen and oxygen atoms in total. The minimum absolute atomic E-state index is 0.380. The first kappa shape index (κ1) is 21.7. The van der Waals surface area contributed by atoms with Crippen LogP contribution in [0.2, 0.25) is 0 Å². The van der Waals surface area contributed by atoms with Crippen molar-refractivity contribution in [3.05, 3.63) is 124 Å². The molecule has 0 spiro atoms. The van der Waals surface area contributed by atoms with Gasteiger partial charge in [-0.3, -0.25) is 0 Å². The molecule has 168 valence electrons. The van der Waals surface area contributed by atoms with E-state index in [4.69, 9.17) is 9.47 Å². The summed E-state index contributed by atoms with van der Waals surface area (Å²) in [5.74, 6) is 0.298. The number of ether oxygens (including phenoxy) is 2. The third-order valence-electron chi connectivity index (χ3n) is 6.22. The van der Waals surface area contributed by atoms with E-state index in [-0.39, 0.29) is 5.97 Å². The number of hydrogen-bond donors (Lipinski definition) is 0. The molecule has 0 saturated heterocycles. The van der Waals surface area contributed by atoms with Gasteiger partial charge in [-0.15, -0.1) is 0 Å². The average molecular weight is 447 g/mol. The van der Waals surface area contributed by atoms with Crippen LogP contribution >= 0.6 is 0 Å². The molecule has 0 N–H and O–H groups in total. The predicted octanol–water partition coefficient (Wildman–Crippen LogP) is 7.40. The van der Waals surface area contributed by atoms with Gasteiger partial charge in [-0.05, 0) is 36.9 Å². The van der Waals surface area contributed by atoms with Crippen LogP contribution in [0.5, 0.6) is 5.75 Å². The Kier molecular flexibility index (Phi) is 5.54. The standard InChI is InChI=1S/C31H26O3/c1-21(2)20-27-24-16-10-11-17-25(24)29-26(28(27)30(32)33-3)18-19-31(34-29,22-12-6-4-7-13-22)23-14-8-5-9-15-23/h4-20H,1-3H3. The van der Waals surface area contributed by atoms with E-state index in [2.05, 4.69) is 30.3 Å². The number of carbonyl (C=O) groups excluding carboxylic acids is 1. The van der Waals surface area contributed by atoms with Crippen LogP contribution in [0.25, 0.3) is 22.9 Å². The van der Waals surface area contributed by atoms with Crippen LogP contribution < -0.4 is 4.74 Å². The van der Waals surface area contributed by atoms with Crippen molar-refractivity contribution >= 4 is 28.9 Å². The third-order valence-corrected chi connectivity index (χ3v) is 6.22. The molecule has 3 heteroatoms. The summed E-state index contributed by atoms with van der Waals surface area (Å²) in [6, 6.07) is 28.4. The molecular weight excluding hydrogens is 420 g/mol. The Morgan fingerprint density at radius 2 is 1.38 bits per heavy atom. The Labute approximate surface area is 200 Å². The fraction of sp³-hybridized carbons (Fsp3) is 0.129. The van der Waals surface area contributed by atoms with Gasteiger partial charge < -0.3 is 9.47 Å². The number of methoxy groups -OCH3 is 1. The van der Waals surface area contributed by atoms with Crippen molar-refractivity contribution in [2.45, 2.75) is 19.4 Å². The Morgan fingerprint density at radius 3 is 1.94 bits per heavy atom. The van der Waals surface area contributed by atoms with Crippen molar-refractivity contribution in [3.63, 3.8) is 0 Å². The maximum atomic E-state index is 13.1. The lowest BCUT2D eigenvalue weighted by atomic mass is 9.82. The highest BCUT2D eigenvalue weighted by atomic mass is 16.5. The Hall–Kier alpha value is -4.11. The van der Waals surface area contributed by atoms with Crippen molar-refractivity contribution in [1.29, 1.82) is 0 Å². The Bertz CT molecular complexity index is 1390. The minimum Gasteiger partial charge on any atom is -0.472 e. The van der Waals surface area contributed by atoms with Crippen LogP contribution in [0.1, 0.15) is 46.5 Å². The van der Waals surface area contributed by atoms with E-state index in [0.29, 0.717) is 11.3 Å². The zero-order valence-corrected chi connectivity index (χ0v) is 19.5. The van der Waals surface area contributed by atoms with E-state index in [1.807, 2.05) is 86.7 Å². The van der Waals surface area contributed by atoms with Gasteiger partial charge in [-0.1, -0.05) is 96.6 Å². The molecule has 4 aromatic rings. The highest BCUT2D eigenvalue weighted by Crippen LogP contribution is 2.47. The second-order valence-electron chi connectivity index (χ2n) is 8.69. The molecule has 0 radical (unpaired) electrons. The van der Waals surface area contributed by atoms with Gasteiger partial charge in [0.15, 0.2) is 5.60 Å². The van der Waals surface area contributed by atoms with Crippen molar-refractivity contribution in [3.8, 4) is 5.75 Å². The summed E-state index contributed by atoms with van der Waals surface area (Å²) in [7, 11) is 1.42. The van der Waals surface area contributed by atoms with Gasteiger partial charge in [0.2, 0.25) is 0 Å². The van der Waals surface area contributed by atoms with Gasteiger partial charge in [0, 0.05) is 22.1 Å². The van der Waals surface area contributed by atoms with Gasteiger partial charge in [0.25, 0.3) is 0 Å². The summed E-state index contributed by atoms with van der Waals surface area (Å²) in [5, 5.41) is 1.91. The average Bonchev–Trinajstić information content (AvgIpc) is 2.89. The van der Waals surface area contributed by atoms with Gasteiger partial charge in [0.1, 0.15) is 5.75 Å². The number of esters is 1. The maximum Gasteiger partial charge on any atom is 0.339 e. The fourth-order valence-electron chi connectivity index (χ4n) is 4.73. The molecule has 4 aromatic carbocycles. The minimum atomic E-state index is -0.830. The van der Waals surface area contributed by atoms with Crippen molar-refractivity contribution in [1.82, 2.24) is 0 Å². The van der Waals surface area contributed by atoms with Crippen molar-refractivity contribution in [2.24, 2.45) is 0 Å².